The Morgan fingerprint density at radius 3 is 2.30 bits per heavy atom. The Kier molecular flexibility index (Phi) is 13.4. The minimum Gasteiger partial charge on any atom is -0.497 e. The summed E-state index contributed by atoms with van der Waals surface area (Å²) < 4.78 is 42.7. The third kappa shape index (κ3) is 10.9. The Balaban J connectivity index is 0.000000771. The van der Waals surface area contributed by atoms with Gasteiger partial charge in [-0.3, -0.25) is 9.59 Å². The molecule has 254 valence electrons. The molecule has 4 N–H and O–H groups in total. The third-order valence-electron chi connectivity index (χ3n) is 7.49. The molecule has 0 bridgehead atoms. The van der Waals surface area contributed by atoms with Gasteiger partial charge in [-0.05, 0) is 80.3 Å². The molecule has 47 heavy (non-hydrogen) atoms. The number of unbranched alkanes of at least 4 members (excludes halogenated alkanes) is 2. The number of fused-ring (bicyclic) bond motifs is 1. The first-order chi connectivity index (χ1) is 22.4. The number of ether oxygens (including phenoxy) is 2. The lowest BCUT2D eigenvalue weighted by Gasteiger charge is -2.17. The van der Waals surface area contributed by atoms with Crippen LogP contribution in [0.15, 0.2) is 48.7 Å². The second-order valence-electron chi connectivity index (χ2n) is 10.9. The molecule has 4 rings (SSSR count). The van der Waals surface area contributed by atoms with Gasteiger partial charge < -0.3 is 29.9 Å². The standard InChI is InChI=1S/C32H40N4O4.C2HF3O2/c1-5-23(37)10-8-7-9-11-29(32-33-20-30(36-32)22-12-14-24(15-13-22)40-6-2)35-31(38)19-26-21(3)34-28-17-16-25(39-4)18-27(26)28;3-2(4,5)1(6)7/h12-18,20,29,34H,5-11,19H2,1-4H3,(H,33,36)(H,35,38);(H,6,7)/t29-;/m0./s1. The summed E-state index contributed by atoms with van der Waals surface area (Å²) in [7, 11) is 1.64. The third-order valence-corrected chi connectivity index (χ3v) is 7.49. The highest BCUT2D eigenvalue weighted by molar-refractivity contribution is 5.91. The molecule has 2 heterocycles. The molecule has 1 atom stereocenters. The molecule has 2 aromatic carbocycles. The number of carboxylic acids is 1. The number of amides is 1. The van der Waals surface area contributed by atoms with Crippen LogP contribution in [-0.4, -0.2) is 57.6 Å². The number of nitrogens with zero attached hydrogens (tertiary/aromatic N) is 1. The second-order valence-corrected chi connectivity index (χ2v) is 10.9. The van der Waals surface area contributed by atoms with Crippen LogP contribution >= 0.6 is 0 Å². The number of alkyl halides is 3. The average molecular weight is 659 g/mol. The molecule has 13 heteroatoms. The number of methoxy groups -OCH3 is 1. The summed E-state index contributed by atoms with van der Waals surface area (Å²) in [6, 6.07) is 13.4. The fraction of sp³-hybridized carbons (Fsp3) is 0.412. The molecule has 0 aliphatic rings. The van der Waals surface area contributed by atoms with Crippen molar-refractivity contribution in [2.75, 3.05) is 13.7 Å². The van der Waals surface area contributed by atoms with Crippen molar-refractivity contribution in [1.82, 2.24) is 20.3 Å². The molecule has 4 aromatic rings. The molecule has 10 nitrogen and oxygen atoms in total. The minimum atomic E-state index is -5.08. The number of carboxylic acid groups (broad SMARTS) is 1. The number of benzene rings is 2. The number of carbonyl (C=O) groups excluding carboxylic acids is 2. The van der Waals surface area contributed by atoms with E-state index < -0.39 is 12.1 Å². The normalized spacial score (nSPS) is 11.8. The molecule has 0 fully saturated rings. The number of imidazole rings is 1. The van der Waals surface area contributed by atoms with Gasteiger partial charge in [0.2, 0.25) is 5.91 Å². The van der Waals surface area contributed by atoms with Crippen LogP contribution in [-0.2, 0) is 20.8 Å². The van der Waals surface area contributed by atoms with E-state index in [0.29, 0.717) is 25.2 Å². The first kappa shape index (κ1) is 36.7. The van der Waals surface area contributed by atoms with Gasteiger partial charge in [-0.25, -0.2) is 9.78 Å². The van der Waals surface area contributed by atoms with E-state index in [4.69, 9.17) is 19.4 Å². The summed E-state index contributed by atoms with van der Waals surface area (Å²) in [5, 5.41) is 11.3. The Morgan fingerprint density at radius 1 is 1.00 bits per heavy atom. The molecule has 0 spiro atoms. The molecule has 0 unspecified atom stereocenters. The Hall–Kier alpha value is -4.81. The van der Waals surface area contributed by atoms with E-state index in [9.17, 15) is 22.8 Å². The summed E-state index contributed by atoms with van der Waals surface area (Å²) in [5.74, 6) is -0.238. The molecule has 1 amide bonds. The monoisotopic (exact) mass is 658 g/mol. The molecule has 2 aromatic heterocycles. The van der Waals surface area contributed by atoms with Crippen LogP contribution in [0.1, 0.15) is 75.5 Å². The lowest BCUT2D eigenvalue weighted by Crippen LogP contribution is -2.30. The second kappa shape index (κ2) is 17.2. The number of aromatic amines is 2. The first-order valence-electron chi connectivity index (χ1n) is 15.4. The summed E-state index contributed by atoms with van der Waals surface area (Å²) >= 11 is 0. The maximum absolute atomic E-state index is 13.4. The summed E-state index contributed by atoms with van der Waals surface area (Å²) in [6.07, 6.45) is 1.55. The van der Waals surface area contributed by atoms with Gasteiger partial charge in [0, 0.05) is 29.4 Å². The van der Waals surface area contributed by atoms with Crippen molar-refractivity contribution in [1.29, 1.82) is 0 Å². The smallest absolute Gasteiger partial charge is 0.490 e. The molecule has 0 aliphatic carbocycles. The Labute approximate surface area is 271 Å². The van der Waals surface area contributed by atoms with Gasteiger partial charge in [-0.15, -0.1) is 0 Å². The summed E-state index contributed by atoms with van der Waals surface area (Å²) in [6.45, 7) is 6.47. The van der Waals surface area contributed by atoms with Crippen LogP contribution < -0.4 is 14.8 Å². The zero-order chi connectivity index (χ0) is 34.6. The number of Topliss-reactive ketones (excluding diaryl/α,β-unsaturated/α-hetero) is 1. The van der Waals surface area contributed by atoms with Crippen molar-refractivity contribution in [3.8, 4) is 22.8 Å². The van der Waals surface area contributed by atoms with E-state index in [1.54, 1.807) is 13.3 Å². The number of aliphatic carboxylic acids is 1. The van der Waals surface area contributed by atoms with E-state index in [2.05, 4.69) is 20.3 Å². The molecule has 0 aliphatic heterocycles. The van der Waals surface area contributed by atoms with Crippen LogP contribution in [0, 0.1) is 6.92 Å². The highest BCUT2D eigenvalue weighted by Gasteiger charge is 2.38. The SMILES string of the molecule is CCOc1ccc(-c2cnc([C@H](CCCCCC(=O)CC)NC(=O)Cc3c(C)[nH]c4ccc(OC)cc34)[nH]2)cc1.O=C(O)C(F)(F)F. The topological polar surface area (TPSA) is 146 Å². The Morgan fingerprint density at radius 2 is 1.68 bits per heavy atom. The van der Waals surface area contributed by atoms with Crippen molar-refractivity contribution in [2.24, 2.45) is 0 Å². The minimum absolute atomic E-state index is 0.0722. The number of rotatable bonds is 15. The van der Waals surface area contributed by atoms with Crippen molar-refractivity contribution < 1.29 is 42.1 Å². The van der Waals surface area contributed by atoms with Crippen molar-refractivity contribution >= 4 is 28.6 Å². The number of hydrogen-bond donors (Lipinski definition) is 4. The van der Waals surface area contributed by atoms with Crippen molar-refractivity contribution in [2.45, 2.75) is 77.9 Å². The number of aryl methyl sites for hydroxylation is 1. The number of hydrogen-bond acceptors (Lipinski definition) is 6. The van der Waals surface area contributed by atoms with Crippen LogP contribution in [0.3, 0.4) is 0 Å². The van der Waals surface area contributed by atoms with Gasteiger partial charge in [0.1, 0.15) is 23.1 Å². The zero-order valence-corrected chi connectivity index (χ0v) is 26.9. The number of aromatic nitrogens is 3. The van der Waals surface area contributed by atoms with Crippen molar-refractivity contribution in [3.05, 3.63) is 65.7 Å². The fourth-order valence-corrected chi connectivity index (χ4v) is 4.98. The largest absolute Gasteiger partial charge is 0.497 e. The number of nitrogens with one attached hydrogen (secondary N) is 3. The number of H-pyrrole nitrogens is 2. The van der Waals surface area contributed by atoms with Gasteiger partial charge in [0.25, 0.3) is 0 Å². The van der Waals surface area contributed by atoms with Crippen LogP contribution in [0.2, 0.25) is 0 Å². The van der Waals surface area contributed by atoms with Gasteiger partial charge >= 0.3 is 12.1 Å². The first-order valence-corrected chi connectivity index (χ1v) is 15.4. The van der Waals surface area contributed by atoms with Gasteiger partial charge in [0.15, 0.2) is 0 Å². The zero-order valence-electron chi connectivity index (χ0n) is 26.9. The Bertz CT molecular complexity index is 1630. The maximum Gasteiger partial charge on any atom is 0.490 e. The summed E-state index contributed by atoms with van der Waals surface area (Å²) in [4.78, 5) is 45.4. The average Bonchev–Trinajstić information content (AvgIpc) is 3.65. The van der Waals surface area contributed by atoms with Gasteiger partial charge in [-0.1, -0.05) is 19.8 Å². The summed E-state index contributed by atoms with van der Waals surface area (Å²) in [5.41, 5.74) is 4.77. The maximum atomic E-state index is 13.4. The molecular formula is C34H41F3N4O6. The molecule has 0 saturated carbocycles. The van der Waals surface area contributed by atoms with Crippen LogP contribution in [0.4, 0.5) is 13.2 Å². The predicted molar refractivity (Wildman–Crippen MR) is 171 cm³/mol. The molecular weight excluding hydrogens is 617 g/mol. The van der Waals surface area contributed by atoms with E-state index in [1.807, 2.05) is 63.2 Å². The lowest BCUT2D eigenvalue weighted by molar-refractivity contribution is -0.192. The quantitative estimate of drug-likeness (QED) is 0.0985. The highest BCUT2D eigenvalue weighted by atomic mass is 19.4. The van der Waals surface area contributed by atoms with Crippen molar-refractivity contribution in [3.63, 3.8) is 0 Å². The highest BCUT2D eigenvalue weighted by Crippen LogP contribution is 2.28. The lowest BCUT2D eigenvalue weighted by atomic mass is 10.0. The van der Waals surface area contributed by atoms with E-state index >= 15 is 0 Å². The predicted octanol–water partition coefficient (Wildman–Crippen LogP) is 7.24. The number of ketones is 1. The fourth-order valence-electron chi connectivity index (χ4n) is 4.98. The van der Waals surface area contributed by atoms with E-state index in [1.165, 1.54) is 0 Å². The number of carbonyl (C=O) groups is 3. The molecule has 0 radical (unpaired) electrons. The van der Waals surface area contributed by atoms with Crippen LogP contribution in [0.25, 0.3) is 22.2 Å². The van der Waals surface area contributed by atoms with Crippen LogP contribution in [0.5, 0.6) is 11.5 Å². The van der Waals surface area contributed by atoms with Gasteiger partial charge in [-0.2, -0.15) is 13.2 Å². The molecule has 0 saturated heterocycles. The number of halogens is 3. The van der Waals surface area contributed by atoms with E-state index in [-0.39, 0.29) is 18.4 Å². The van der Waals surface area contributed by atoms with E-state index in [0.717, 1.165) is 76.4 Å². The van der Waals surface area contributed by atoms with Gasteiger partial charge in [0.05, 0.1) is 38.1 Å².